The smallest absolute Gasteiger partial charge is 0.314 e. The molecule has 0 aliphatic heterocycles. The van der Waals surface area contributed by atoms with Crippen LogP contribution in [0.5, 0.6) is 11.5 Å². The second-order valence-electron chi connectivity index (χ2n) is 2.90. The number of hydrogen-bond donors (Lipinski definition) is 2. The van der Waals surface area contributed by atoms with Crippen LogP contribution in [0.25, 0.3) is 0 Å². The summed E-state index contributed by atoms with van der Waals surface area (Å²) in [7, 11) is 1.41. The van der Waals surface area contributed by atoms with Gasteiger partial charge in [-0.3, -0.25) is 15.5 Å². The number of amidine groups is 1. The van der Waals surface area contributed by atoms with E-state index < -0.39 is 4.92 Å². The maximum absolute atomic E-state index is 10.7. The number of nitrogens with one attached hydrogen (secondary N) is 1. The third-order valence-electron chi connectivity index (χ3n) is 1.75. The Balaban J connectivity index is 2.98. The number of nitro groups is 1. The van der Waals surface area contributed by atoms with Crippen molar-refractivity contribution in [3.63, 3.8) is 0 Å². The number of nitro benzene ring substituents is 1. The molecule has 86 valence electrons. The van der Waals surface area contributed by atoms with Crippen molar-refractivity contribution in [2.24, 2.45) is 5.73 Å². The molecule has 0 aliphatic rings. The Kier molecular flexibility index (Phi) is 3.65. The van der Waals surface area contributed by atoms with Gasteiger partial charge in [-0.05, 0) is 12.1 Å². The third kappa shape index (κ3) is 2.84. The average Bonchev–Trinajstić information content (AvgIpc) is 2.25. The molecule has 7 nitrogen and oxygen atoms in total. The van der Waals surface area contributed by atoms with Gasteiger partial charge in [0.25, 0.3) is 0 Å². The van der Waals surface area contributed by atoms with Crippen molar-refractivity contribution >= 4 is 11.5 Å². The van der Waals surface area contributed by atoms with Crippen LogP contribution >= 0.6 is 0 Å². The van der Waals surface area contributed by atoms with E-state index in [4.69, 9.17) is 20.6 Å². The van der Waals surface area contributed by atoms with Gasteiger partial charge in [0, 0.05) is 0 Å². The standard InChI is InChI=1S/C9H11N3O4/c1-15-6-2-3-8(16-5-9(10)11)7(4-6)12(13)14/h2-4H,5H2,1H3,(H3,10,11). The van der Waals surface area contributed by atoms with Crippen LogP contribution in [0, 0.1) is 15.5 Å². The van der Waals surface area contributed by atoms with E-state index in [0.29, 0.717) is 5.75 Å². The lowest BCUT2D eigenvalue weighted by Gasteiger charge is -2.06. The summed E-state index contributed by atoms with van der Waals surface area (Å²) < 4.78 is 9.87. The highest BCUT2D eigenvalue weighted by Gasteiger charge is 2.16. The van der Waals surface area contributed by atoms with E-state index in [-0.39, 0.29) is 23.9 Å². The second kappa shape index (κ2) is 4.96. The Morgan fingerprint density at radius 2 is 2.31 bits per heavy atom. The average molecular weight is 225 g/mol. The summed E-state index contributed by atoms with van der Waals surface area (Å²) >= 11 is 0. The van der Waals surface area contributed by atoms with E-state index in [0.717, 1.165) is 0 Å². The van der Waals surface area contributed by atoms with Crippen LogP contribution in [0.2, 0.25) is 0 Å². The Morgan fingerprint density at radius 1 is 1.62 bits per heavy atom. The number of nitrogens with zero attached hydrogens (tertiary/aromatic N) is 1. The topological polar surface area (TPSA) is 111 Å². The fraction of sp³-hybridized carbons (Fsp3) is 0.222. The van der Waals surface area contributed by atoms with Gasteiger partial charge in [-0.25, -0.2) is 0 Å². The fourth-order valence-corrected chi connectivity index (χ4v) is 1.04. The predicted octanol–water partition coefficient (Wildman–Crippen LogP) is 0.918. The van der Waals surface area contributed by atoms with Gasteiger partial charge in [0.1, 0.15) is 18.2 Å². The van der Waals surface area contributed by atoms with Gasteiger partial charge in [0.2, 0.25) is 0 Å². The van der Waals surface area contributed by atoms with Crippen molar-refractivity contribution in [3.8, 4) is 11.5 Å². The Labute approximate surface area is 91.4 Å². The molecule has 0 atom stereocenters. The second-order valence-corrected chi connectivity index (χ2v) is 2.90. The van der Waals surface area contributed by atoms with Crippen molar-refractivity contribution in [2.75, 3.05) is 13.7 Å². The maximum atomic E-state index is 10.7. The zero-order valence-corrected chi connectivity index (χ0v) is 8.60. The van der Waals surface area contributed by atoms with Crippen molar-refractivity contribution in [2.45, 2.75) is 0 Å². The summed E-state index contributed by atoms with van der Waals surface area (Å²) in [5, 5.41) is 17.7. The summed E-state index contributed by atoms with van der Waals surface area (Å²) in [6.07, 6.45) is 0. The lowest BCUT2D eigenvalue weighted by molar-refractivity contribution is -0.385. The van der Waals surface area contributed by atoms with Crippen molar-refractivity contribution in [1.82, 2.24) is 0 Å². The molecule has 3 N–H and O–H groups in total. The minimum Gasteiger partial charge on any atom is -0.496 e. The number of benzene rings is 1. The van der Waals surface area contributed by atoms with E-state index >= 15 is 0 Å². The molecule has 0 saturated carbocycles. The largest absolute Gasteiger partial charge is 0.496 e. The fourth-order valence-electron chi connectivity index (χ4n) is 1.04. The minimum absolute atomic E-state index is 0.0565. The zero-order chi connectivity index (χ0) is 12.1. The van der Waals surface area contributed by atoms with E-state index in [1.807, 2.05) is 0 Å². The van der Waals surface area contributed by atoms with Crippen molar-refractivity contribution in [3.05, 3.63) is 28.3 Å². The van der Waals surface area contributed by atoms with E-state index in [1.165, 1.54) is 25.3 Å². The Morgan fingerprint density at radius 3 is 2.81 bits per heavy atom. The third-order valence-corrected chi connectivity index (χ3v) is 1.75. The molecule has 0 radical (unpaired) electrons. The van der Waals surface area contributed by atoms with Crippen LogP contribution in [0.1, 0.15) is 0 Å². The van der Waals surface area contributed by atoms with Crippen molar-refractivity contribution < 1.29 is 14.4 Å². The van der Waals surface area contributed by atoms with Crippen LogP contribution in [0.15, 0.2) is 18.2 Å². The van der Waals surface area contributed by atoms with Gasteiger partial charge >= 0.3 is 5.69 Å². The van der Waals surface area contributed by atoms with Gasteiger partial charge in [-0.1, -0.05) is 0 Å². The lowest BCUT2D eigenvalue weighted by atomic mass is 10.3. The highest BCUT2D eigenvalue weighted by molar-refractivity contribution is 5.78. The molecule has 0 spiro atoms. The van der Waals surface area contributed by atoms with Crippen LogP contribution in [-0.2, 0) is 0 Å². The predicted molar refractivity (Wildman–Crippen MR) is 57.1 cm³/mol. The molecule has 0 unspecified atom stereocenters. The summed E-state index contributed by atoms with van der Waals surface area (Å²) in [5.74, 6) is 0.216. The first kappa shape index (κ1) is 11.8. The molecule has 0 aliphatic carbocycles. The molecule has 7 heteroatoms. The Bertz CT molecular complexity index is 419. The van der Waals surface area contributed by atoms with E-state index in [2.05, 4.69) is 0 Å². The molecular weight excluding hydrogens is 214 g/mol. The summed E-state index contributed by atoms with van der Waals surface area (Å²) in [6.45, 7) is -0.187. The molecule has 0 bridgehead atoms. The molecule has 0 heterocycles. The minimum atomic E-state index is -0.585. The van der Waals surface area contributed by atoms with E-state index in [9.17, 15) is 10.1 Å². The molecule has 0 amide bonds. The SMILES string of the molecule is COc1ccc(OCC(=N)N)c([N+](=O)[O-])c1. The zero-order valence-electron chi connectivity index (χ0n) is 8.60. The lowest BCUT2D eigenvalue weighted by Crippen LogP contribution is -2.19. The molecule has 16 heavy (non-hydrogen) atoms. The monoisotopic (exact) mass is 225 g/mol. The molecule has 0 fully saturated rings. The van der Waals surface area contributed by atoms with Crippen LogP contribution < -0.4 is 15.2 Å². The van der Waals surface area contributed by atoms with E-state index in [1.54, 1.807) is 0 Å². The summed E-state index contributed by atoms with van der Waals surface area (Å²) in [5.41, 5.74) is 4.86. The molecular formula is C9H11N3O4. The highest BCUT2D eigenvalue weighted by Crippen LogP contribution is 2.30. The molecule has 1 rings (SSSR count). The molecule has 1 aromatic carbocycles. The highest BCUT2D eigenvalue weighted by atomic mass is 16.6. The molecule has 0 saturated heterocycles. The van der Waals surface area contributed by atoms with Crippen LogP contribution in [-0.4, -0.2) is 24.5 Å². The Hall–Kier alpha value is -2.31. The first-order valence-electron chi connectivity index (χ1n) is 4.32. The van der Waals surface area contributed by atoms with Crippen LogP contribution in [0.3, 0.4) is 0 Å². The number of nitrogens with two attached hydrogens (primary N) is 1. The number of hydrogen-bond acceptors (Lipinski definition) is 5. The van der Waals surface area contributed by atoms with Gasteiger partial charge in [0.15, 0.2) is 5.75 Å². The van der Waals surface area contributed by atoms with Gasteiger partial charge in [0.05, 0.1) is 18.1 Å². The normalized spacial score (nSPS) is 9.56. The molecule has 0 aromatic heterocycles. The first-order chi connectivity index (χ1) is 7.54. The first-order valence-corrected chi connectivity index (χ1v) is 4.32. The van der Waals surface area contributed by atoms with Gasteiger partial charge in [-0.2, -0.15) is 0 Å². The maximum Gasteiger partial charge on any atom is 0.314 e. The molecule has 1 aromatic rings. The van der Waals surface area contributed by atoms with Crippen molar-refractivity contribution in [1.29, 1.82) is 5.41 Å². The van der Waals surface area contributed by atoms with Gasteiger partial charge < -0.3 is 15.2 Å². The quantitative estimate of drug-likeness (QED) is 0.335. The van der Waals surface area contributed by atoms with Crippen LogP contribution in [0.4, 0.5) is 5.69 Å². The summed E-state index contributed by atoms with van der Waals surface area (Å²) in [4.78, 5) is 10.1. The van der Waals surface area contributed by atoms with Gasteiger partial charge in [-0.15, -0.1) is 0 Å². The number of rotatable bonds is 5. The number of ether oxygens (including phenoxy) is 2. The summed E-state index contributed by atoms with van der Waals surface area (Å²) in [6, 6.07) is 4.18. The number of methoxy groups -OCH3 is 1.